The minimum Gasteiger partial charge on any atom is -0.388 e. The second-order valence-corrected chi connectivity index (χ2v) is 9.31. The fraction of sp³-hybridized carbons (Fsp3) is 0.583. The molecule has 168 valence electrons. The van der Waals surface area contributed by atoms with Gasteiger partial charge in [0.2, 0.25) is 0 Å². The number of aliphatic hydroxyl groups is 1. The minimum absolute atomic E-state index is 0.0379. The van der Waals surface area contributed by atoms with Crippen LogP contribution in [0.5, 0.6) is 0 Å². The highest BCUT2D eigenvalue weighted by Crippen LogP contribution is 2.41. The summed E-state index contributed by atoms with van der Waals surface area (Å²) in [5.74, 6) is 1.18. The highest BCUT2D eigenvalue weighted by molar-refractivity contribution is 5.96. The summed E-state index contributed by atoms with van der Waals surface area (Å²) in [5, 5.41) is 17.9. The number of nitrogens with one attached hydrogen (secondary N) is 2. The Labute approximate surface area is 184 Å². The van der Waals surface area contributed by atoms with E-state index in [-0.39, 0.29) is 18.0 Å². The van der Waals surface area contributed by atoms with Gasteiger partial charge in [-0.05, 0) is 56.7 Å². The summed E-state index contributed by atoms with van der Waals surface area (Å²) >= 11 is 0. The van der Waals surface area contributed by atoms with Gasteiger partial charge in [-0.1, -0.05) is 25.6 Å². The summed E-state index contributed by atoms with van der Waals surface area (Å²) in [4.78, 5) is 20.0. The minimum atomic E-state index is -0.810. The van der Waals surface area contributed by atoms with Crippen LogP contribution in [0.25, 0.3) is 0 Å². The summed E-state index contributed by atoms with van der Waals surface area (Å²) in [5.41, 5.74) is 8.52. The first-order chi connectivity index (χ1) is 14.8. The number of hydrogen-bond donors (Lipinski definition) is 4. The van der Waals surface area contributed by atoms with Gasteiger partial charge in [-0.15, -0.1) is 0 Å². The molecule has 0 saturated carbocycles. The third-order valence-electron chi connectivity index (χ3n) is 7.36. The van der Waals surface area contributed by atoms with Crippen LogP contribution >= 0.6 is 0 Å². The van der Waals surface area contributed by atoms with E-state index in [0.717, 1.165) is 36.2 Å². The fourth-order valence-electron chi connectivity index (χ4n) is 5.60. The van der Waals surface area contributed by atoms with Crippen molar-refractivity contribution in [1.29, 1.82) is 0 Å². The van der Waals surface area contributed by atoms with Gasteiger partial charge in [0, 0.05) is 24.6 Å². The zero-order valence-electron chi connectivity index (χ0n) is 18.8. The van der Waals surface area contributed by atoms with E-state index in [1.54, 1.807) is 0 Å². The number of aliphatic imine (C=N–C) groups is 1. The van der Waals surface area contributed by atoms with Crippen LogP contribution < -0.4 is 16.4 Å². The number of amidine groups is 1. The molecule has 5 N–H and O–H groups in total. The van der Waals surface area contributed by atoms with E-state index in [1.165, 1.54) is 12.0 Å². The summed E-state index contributed by atoms with van der Waals surface area (Å²) < 4.78 is 0. The first-order valence-corrected chi connectivity index (χ1v) is 11.4. The number of benzene rings is 1. The van der Waals surface area contributed by atoms with Gasteiger partial charge in [-0.3, -0.25) is 9.79 Å². The van der Waals surface area contributed by atoms with Gasteiger partial charge in [-0.2, -0.15) is 0 Å². The van der Waals surface area contributed by atoms with Crippen molar-refractivity contribution in [3.05, 3.63) is 47.3 Å². The van der Waals surface area contributed by atoms with Crippen LogP contribution in [-0.4, -0.2) is 58.1 Å². The van der Waals surface area contributed by atoms with Gasteiger partial charge in [0.15, 0.2) is 0 Å². The number of rotatable bonds is 4. The van der Waals surface area contributed by atoms with Crippen molar-refractivity contribution in [3.63, 3.8) is 0 Å². The molecule has 0 aromatic heterocycles. The molecular formula is C24H35N5O2. The van der Waals surface area contributed by atoms with E-state index >= 15 is 0 Å². The van der Waals surface area contributed by atoms with E-state index in [0.29, 0.717) is 18.8 Å². The average Bonchev–Trinajstić information content (AvgIpc) is 3.02. The van der Waals surface area contributed by atoms with E-state index in [9.17, 15) is 9.90 Å². The second kappa shape index (κ2) is 8.19. The maximum Gasteiger partial charge on any atom is 0.251 e. The lowest BCUT2D eigenvalue weighted by molar-refractivity contribution is 0.00303. The van der Waals surface area contributed by atoms with Crippen LogP contribution in [0, 0.1) is 0 Å². The van der Waals surface area contributed by atoms with E-state index in [1.807, 2.05) is 37.8 Å². The van der Waals surface area contributed by atoms with E-state index in [4.69, 9.17) is 10.7 Å². The maximum atomic E-state index is 13.3. The highest BCUT2D eigenvalue weighted by atomic mass is 16.3. The Hall–Kier alpha value is -2.54. The van der Waals surface area contributed by atoms with Crippen molar-refractivity contribution in [2.24, 2.45) is 10.7 Å². The zero-order valence-corrected chi connectivity index (χ0v) is 18.8. The quantitative estimate of drug-likeness (QED) is 0.434. The predicted octanol–water partition coefficient (Wildman–Crippen LogP) is 1.70. The number of carbonyl (C=O) groups excluding carboxylic acids is 1. The number of nitrogens with two attached hydrogens (primary N) is 1. The molecule has 0 bridgehead atoms. The van der Waals surface area contributed by atoms with E-state index < -0.39 is 17.7 Å². The number of nitrogens with zero attached hydrogens (tertiary/aromatic N) is 2. The normalized spacial score (nSPS) is 32.8. The maximum absolute atomic E-state index is 13.3. The molecule has 2 heterocycles. The van der Waals surface area contributed by atoms with Crippen molar-refractivity contribution in [2.75, 3.05) is 6.54 Å². The Morgan fingerprint density at radius 3 is 2.90 bits per heavy atom. The monoisotopic (exact) mass is 425 g/mol. The number of aliphatic hydroxyl groups excluding tert-OH is 1. The van der Waals surface area contributed by atoms with Gasteiger partial charge < -0.3 is 26.4 Å². The lowest BCUT2D eigenvalue weighted by Crippen LogP contribution is -2.67. The molecule has 0 spiro atoms. The molecule has 2 aliphatic heterocycles. The molecule has 3 aliphatic rings. The van der Waals surface area contributed by atoms with Crippen molar-refractivity contribution < 1.29 is 9.90 Å². The largest absolute Gasteiger partial charge is 0.388 e. The topological polar surface area (TPSA) is 103 Å². The van der Waals surface area contributed by atoms with Crippen LogP contribution in [-0.2, 0) is 12.8 Å². The summed E-state index contributed by atoms with van der Waals surface area (Å²) in [6.45, 7) is 10.6. The lowest BCUT2D eigenvalue weighted by atomic mass is 9.80. The molecule has 7 heteroatoms. The second-order valence-electron chi connectivity index (χ2n) is 9.31. The summed E-state index contributed by atoms with van der Waals surface area (Å²) in [6.07, 6.45) is 4.07. The molecule has 1 amide bonds. The molecule has 4 rings (SSSR count). The van der Waals surface area contributed by atoms with Gasteiger partial charge in [0.1, 0.15) is 6.10 Å². The molecule has 2 saturated heterocycles. The molecule has 1 aromatic rings. The predicted molar refractivity (Wildman–Crippen MR) is 123 cm³/mol. The number of amides is 1. The average molecular weight is 426 g/mol. The number of fused-ring (bicyclic) bond motifs is 2. The zero-order chi connectivity index (χ0) is 22.3. The first-order valence-electron chi connectivity index (χ1n) is 11.4. The van der Waals surface area contributed by atoms with Gasteiger partial charge in [0.25, 0.3) is 5.91 Å². The Morgan fingerprint density at radius 2 is 2.16 bits per heavy atom. The van der Waals surface area contributed by atoms with Gasteiger partial charge in [-0.25, -0.2) is 0 Å². The number of aryl methyl sites for hydroxylation is 1. The molecule has 0 radical (unpaired) electrons. The molecule has 2 fully saturated rings. The smallest absolute Gasteiger partial charge is 0.251 e. The van der Waals surface area contributed by atoms with Crippen LogP contribution in [0.1, 0.15) is 61.5 Å². The number of hydrogen-bond acceptors (Lipinski definition) is 5. The fourth-order valence-corrected chi connectivity index (χ4v) is 5.60. The van der Waals surface area contributed by atoms with Crippen LogP contribution in [0.4, 0.5) is 0 Å². The van der Waals surface area contributed by atoms with Crippen molar-refractivity contribution >= 4 is 11.7 Å². The molecule has 1 aliphatic carbocycles. The van der Waals surface area contributed by atoms with E-state index in [2.05, 4.69) is 23.3 Å². The van der Waals surface area contributed by atoms with Gasteiger partial charge >= 0.3 is 0 Å². The summed E-state index contributed by atoms with van der Waals surface area (Å²) in [6, 6.07) is 5.24. The van der Waals surface area contributed by atoms with Crippen LogP contribution in [0.3, 0.4) is 0 Å². The highest BCUT2D eigenvalue weighted by Gasteiger charge is 2.59. The molecule has 31 heavy (non-hydrogen) atoms. The van der Waals surface area contributed by atoms with Gasteiger partial charge in [0.05, 0.1) is 29.3 Å². The Kier molecular flexibility index (Phi) is 5.73. The number of carbonyl (C=O) groups is 1. The van der Waals surface area contributed by atoms with Crippen molar-refractivity contribution in [1.82, 2.24) is 15.5 Å². The van der Waals surface area contributed by atoms with Crippen LogP contribution in [0.15, 0.2) is 35.6 Å². The Morgan fingerprint density at radius 1 is 1.42 bits per heavy atom. The molecule has 5 atom stereocenters. The molecular weight excluding hydrogens is 390 g/mol. The lowest BCUT2D eigenvalue weighted by Gasteiger charge is -2.50. The Bertz CT molecular complexity index is 913. The standard InChI is InChI=1S/C24H35N5O2/c1-5-20(25)28-21-14(2)26-15(3)29-13-19(22(30)24(21,29)4)27-23(31)18-12-8-10-16-9-6-7-11-17(16)18/h8,10,12,14,19,21-22,26,30H,3,5-7,9,11,13H2,1-2,4H3,(H2,25,28)(H,27,31). The van der Waals surface area contributed by atoms with Crippen molar-refractivity contribution in [3.8, 4) is 0 Å². The summed E-state index contributed by atoms with van der Waals surface area (Å²) in [7, 11) is 0. The molecule has 1 aromatic carbocycles. The van der Waals surface area contributed by atoms with Crippen LogP contribution in [0.2, 0.25) is 0 Å². The first kappa shape index (κ1) is 21.7. The SMILES string of the molecule is C=C1NC(C)C(N=C(N)CC)C2(C)C(O)C(NC(=O)c3cccc4c3CCCC4)CN12. The molecule has 7 nitrogen and oxygen atoms in total. The third-order valence-corrected chi connectivity index (χ3v) is 7.36. The van der Waals surface area contributed by atoms with Crippen molar-refractivity contribution in [2.45, 2.75) is 82.6 Å². The Balaban J connectivity index is 1.61. The third kappa shape index (κ3) is 3.59. The molecule has 5 unspecified atom stereocenters.